The Bertz CT molecular complexity index is 712. The van der Waals surface area contributed by atoms with Gasteiger partial charge in [-0.25, -0.2) is 0 Å². The summed E-state index contributed by atoms with van der Waals surface area (Å²) < 4.78 is 5.17. The Morgan fingerprint density at radius 2 is 1.96 bits per heavy atom. The van der Waals surface area contributed by atoms with Gasteiger partial charge < -0.3 is 10.1 Å². The number of benzene rings is 2. The molecule has 25 heavy (non-hydrogen) atoms. The van der Waals surface area contributed by atoms with Crippen molar-refractivity contribution in [1.29, 1.82) is 0 Å². The van der Waals surface area contributed by atoms with Crippen LogP contribution < -0.4 is 10.1 Å². The van der Waals surface area contributed by atoms with Crippen LogP contribution in [-0.4, -0.2) is 31.5 Å². The Balaban J connectivity index is 1.54. The molecule has 0 aliphatic heterocycles. The normalized spacial score (nSPS) is 16.4. The quantitative estimate of drug-likeness (QED) is 0.878. The maximum absolute atomic E-state index is 12.4. The third-order valence-corrected chi connectivity index (χ3v) is 4.73. The maximum atomic E-state index is 12.4. The van der Waals surface area contributed by atoms with Crippen molar-refractivity contribution in [2.45, 2.75) is 31.8 Å². The summed E-state index contributed by atoms with van der Waals surface area (Å²) in [6.07, 6.45) is 3.26. The van der Waals surface area contributed by atoms with Gasteiger partial charge >= 0.3 is 0 Å². The molecular formula is C21H26N2O2. The predicted octanol–water partition coefficient (Wildman–Crippen LogP) is 3.32. The van der Waals surface area contributed by atoms with E-state index in [1.54, 1.807) is 7.11 Å². The first-order valence-corrected chi connectivity index (χ1v) is 8.84. The van der Waals surface area contributed by atoms with Crippen LogP contribution in [0.4, 0.5) is 0 Å². The number of nitrogens with one attached hydrogen (secondary N) is 1. The molecule has 4 nitrogen and oxygen atoms in total. The lowest BCUT2D eigenvalue weighted by atomic mass is 9.88. The number of hydrogen-bond acceptors (Lipinski definition) is 3. The van der Waals surface area contributed by atoms with Gasteiger partial charge in [-0.05, 0) is 55.1 Å². The van der Waals surface area contributed by atoms with E-state index in [1.165, 1.54) is 16.7 Å². The largest absolute Gasteiger partial charge is 0.497 e. The second kappa shape index (κ2) is 8.17. The fourth-order valence-electron chi connectivity index (χ4n) is 3.49. The first-order chi connectivity index (χ1) is 12.2. The Morgan fingerprint density at radius 1 is 1.20 bits per heavy atom. The van der Waals surface area contributed by atoms with E-state index >= 15 is 0 Å². The molecular weight excluding hydrogens is 312 g/mol. The molecule has 0 fully saturated rings. The van der Waals surface area contributed by atoms with Gasteiger partial charge in [0.05, 0.1) is 19.7 Å². The van der Waals surface area contributed by atoms with Crippen LogP contribution in [0.3, 0.4) is 0 Å². The molecule has 1 atom stereocenters. The molecule has 1 amide bonds. The molecule has 0 aromatic heterocycles. The number of likely N-dealkylation sites (N-methyl/N-ethyl adjacent to an activating group) is 1. The standard InChI is InChI=1S/C21H26N2O2/c1-23(14-16-10-12-18(25-2)13-11-16)15-21(24)22-20-9-5-7-17-6-3-4-8-19(17)20/h3-4,6,8,10-13,20H,5,7,9,14-15H2,1-2H3,(H,22,24)/t20-/m1/s1. The van der Waals surface area contributed by atoms with E-state index < -0.39 is 0 Å². The number of rotatable bonds is 6. The van der Waals surface area contributed by atoms with Gasteiger partial charge in [0, 0.05) is 6.54 Å². The molecule has 1 aliphatic rings. The Hall–Kier alpha value is -2.33. The van der Waals surface area contributed by atoms with Gasteiger partial charge in [-0.15, -0.1) is 0 Å². The third kappa shape index (κ3) is 4.60. The van der Waals surface area contributed by atoms with Crippen LogP contribution in [0.2, 0.25) is 0 Å². The number of aryl methyl sites for hydroxylation is 1. The number of amides is 1. The second-order valence-electron chi connectivity index (χ2n) is 6.73. The minimum absolute atomic E-state index is 0.0812. The lowest BCUT2D eigenvalue weighted by molar-refractivity contribution is -0.122. The van der Waals surface area contributed by atoms with Crippen molar-refractivity contribution in [3.63, 3.8) is 0 Å². The van der Waals surface area contributed by atoms with Crippen LogP contribution in [0.25, 0.3) is 0 Å². The molecule has 0 radical (unpaired) electrons. The van der Waals surface area contributed by atoms with Crippen molar-refractivity contribution >= 4 is 5.91 Å². The average molecular weight is 338 g/mol. The van der Waals surface area contributed by atoms with Crippen molar-refractivity contribution < 1.29 is 9.53 Å². The van der Waals surface area contributed by atoms with Gasteiger partial charge in [0.25, 0.3) is 0 Å². The molecule has 2 aromatic rings. The summed E-state index contributed by atoms with van der Waals surface area (Å²) in [4.78, 5) is 14.5. The minimum Gasteiger partial charge on any atom is -0.497 e. The molecule has 0 unspecified atom stereocenters. The lowest BCUT2D eigenvalue weighted by Gasteiger charge is -2.27. The first kappa shape index (κ1) is 17.5. The third-order valence-electron chi connectivity index (χ3n) is 4.73. The highest BCUT2D eigenvalue weighted by molar-refractivity contribution is 5.78. The topological polar surface area (TPSA) is 41.6 Å². The zero-order chi connectivity index (χ0) is 17.6. The Morgan fingerprint density at radius 3 is 2.72 bits per heavy atom. The van der Waals surface area contributed by atoms with Crippen LogP contribution in [0.1, 0.15) is 35.6 Å². The summed E-state index contributed by atoms with van der Waals surface area (Å²) in [5.41, 5.74) is 3.81. The van der Waals surface area contributed by atoms with Crippen molar-refractivity contribution in [2.24, 2.45) is 0 Å². The Labute approximate surface area is 149 Å². The van der Waals surface area contributed by atoms with Crippen molar-refractivity contribution in [2.75, 3.05) is 20.7 Å². The van der Waals surface area contributed by atoms with Crippen molar-refractivity contribution in [3.05, 3.63) is 65.2 Å². The highest BCUT2D eigenvalue weighted by atomic mass is 16.5. The van der Waals surface area contributed by atoms with E-state index in [2.05, 4.69) is 29.6 Å². The number of carbonyl (C=O) groups is 1. The molecule has 0 bridgehead atoms. The molecule has 2 aromatic carbocycles. The average Bonchev–Trinajstić information content (AvgIpc) is 2.62. The smallest absolute Gasteiger partial charge is 0.234 e. The maximum Gasteiger partial charge on any atom is 0.234 e. The van der Waals surface area contributed by atoms with Crippen LogP contribution in [-0.2, 0) is 17.8 Å². The monoisotopic (exact) mass is 338 g/mol. The lowest BCUT2D eigenvalue weighted by Crippen LogP contribution is -2.38. The number of hydrogen-bond donors (Lipinski definition) is 1. The van der Waals surface area contributed by atoms with Crippen molar-refractivity contribution in [1.82, 2.24) is 10.2 Å². The molecule has 4 heteroatoms. The number of nitrogens with zero attached hydrogens (tertiary/aromatic N) is 1. The molecule has 0 saturated heterocycles. The Kier molecular flexibility index (Phi) is 5.71. The number of carbonyl (C=O) groups excluding carboxylic acids is 1. The zero-order valence-corrected chi connectivity index (χ0v) is 15.0. The van der Waals surface area contributed by atoms with E-state index in [0.717, 1.165) is 31.6 Å². The van der Waals surface area contributed by atoms with E-state index in [1.807, 2.05) is 36.2 Å². The van der Waals surface area contributed by atoms with Gasteiger partial charge in [0.2, 0.25) is 5.91 Å². The van der Waals surface area contributed by atoms with E-state index in [-0.39, 0.29) is 11.9 Å². The van der Waals surface area contributed by atoms with Gasteiger partial charge in [-0.1, -0.05) is 36.4 Å². The van der Waals surface area contributed by atoms with Gasteiger partial charge in [-0.2, -0.15) is 0 Å². The highest BCUT2D eigenvalue weighted by Crippen LogP contribution is 2.29. The van der Waals surface area contributed by atoms with Gasteiger partial charge in [0.1, 0.15) is 5.75 Å². The molecule has 3 rings (SSSR count). The fraction of sp³-hybridized carbons (Fsp3) is 0.381. The summed E-state index contributed by atoms with van der Waals surface area (Å²) in [5, 5.41) is 3.21. The second-order valence-corrected chi connectivity index (χ2v) is 6.73. The highest BCUT2D eigenvalue weighted by Gasteiger charge is 2.21. The SMILES string of the molecule is COc1ccc(CN(C)CC(=O)N[C@@H]2CCCc3ccccc32)cc1. The van der Waals surface area contributed by atoms with Gasteiger partial charge in [0.15, 0.2) is 0 Å². The number of fused-ring (bicyclic) bond motifs is 1. The van der Waals surface area contributed by atoms with Gasteiger partial charge in [-0.3, -0.25) is 9.69 Å². The summed E-state index contributed by atoms with van der Waals surface area (Å²) in [5.74, 6) is 0.929. The molecule has 1 N–H and O–H groups in total. The molecule has 0 saturated carbocycles. The van der Waals surface area contributed by atoms with E-state index in [4.69, 9.17) is 4.74 Å². The molecule has 0 spiro atoms. The summed E-state index contributed by atoms with van der Waals surface area (Å²) in [6.45, 7) is 1.13. The zero-order valence-electron chi connectivity index (χ0n) is 15.0. The van der Waals surface area contributed by atoms with Crippen LogP contribution in [0, 0.1) is 0 Å². The van der Waals surface area contributed by atoms with Crippen LogP contribution >= 0.6 is 0 Å². The number of ether oxygens (including phenoxy) is 1. The first-order valence-electron chi connectivity index (χ1n) is 8.84. The van der Waals surface area contributed by atoms with Crippen molar-refractivity contribution in [3.8, 4) is 5.75 Å². The van der Waals surface area contributed by atoms with E-state index in [9.17, 15) is 4.79 Å². The summed E-state index contributed by atoms with van der Waals surface area (Å²) in [6, 6.07) is 16.5. The fourth-order valence-corrected chi connectivity index (χ4v) is 3.49. The van der Waals surface area contributed by atoms with Crippen LogP contribution in [0.5, 0.6) is 5.75 Å². The molecule has 1 aliphatic carbocycles. The summed E-state index contributed by atoms with van der Waals surface area (Å²) >= 11 is 0. The summed E-state index contributed by atoms with van der Waals surface area (Å²) in [7, 11) is 3.63. The van der Waals surface area contributed by atoms with Crippen LogP contribution in [0.15, 0.2) is 48.5 Å². The predicted molar refractivity (Wildman–Crippen MR) is 99.6 cm³/mol. The molecule has 0 heterocycles. The molecule has 132 valence electrons. The van der Waals surface area contributed by atoms with E-state index in [0.29, 0.717) is 6.54 Å². The number of methoxy groups -OCH3 is 1. The minimum atomic E-state index is 0.0812.